The molecule has 142 valence electrons. The van der Waals surface area contributed by atoms with Crippen molar-refractivity contribution in [3.05, 3.63) is 0 Å². The van der Waals surface area contributed by atoms with Crippen LogP contribution < -0.4 is 0 Å². The molecule has 4 atom stereocenters. The number of esters is 1. The van der Waals surface area contributed by atoms with Crippen molar-refractivity contribution in [3.8, 4) is 0 Å². The second-order valence-corrected chi connectivity index (χ2v) is 9.18. The topological polar surface area (TPSA) is 60.6 Å². The molecular weight excluding hydrogens is 320 g/mol. The fraction of sp³-hybridized carbons (Fsp3) is 0.950. The maximum Gasteiger partial charge on any atom is 0.309 e. The lowest BCUT2D eigenvalue weighted by atomic mass is 9.75. The van der Waals surface area contributed by atoms with Gasteiger partial charge in [0.2, 0.25) is 0 Å². The fourth-order valence-electron chi connectivity index (χ4n) is 4.58. The van der Waals surface area contributed by atoms with Gasteiger partial charge in [-0.2, -0.15) is 0 Å². The first-order valence-electron chi connectivity index (χ1n) is 9.99. The maximum atomic E-state index is 12.7. The summed E-state index contributed by atoms with van der Waals surface area (Å²) in [4.78, 5) is 12.7. The Morgan fingerprint density at radius 1 is 1.20 bits per heavy atom. The summed E-state index contributed by atoms with van der Waals surface area (Å²) in [5, 5.41) is 0. The minimum atomic E-state index is -0.402. The molecule has 5 heteroatoms. The monoisotopic (exact) mass is 352 g/mol. The zero-order valence-corrected chi connectivity index (χ0v) is 15.8. The Labute approximate surface area is 150 Å². The van der Waals surface area contributed by atoms with E-state index in [0.29, 0.717) is 24.7 Å². The first-order valence-corrected chi connectivity index (χ1v) is 9.99. The van der Waals surface area contributed by atoms with Crippen molar-refractivity contribution in [2.45, 2.75) is 95.2 Å². The van der Waals surface area contributed by atoms with Crippen LogP contribution in [0, 0.1) is 11.8 Å². The quantitative estimate of drug-likeness (QED) is 0.542. The van der Waals surface area contributed by atoms with E-state index in [-0.39, 0.29) is 23.6 Å². The summed E-state index contributed by atoms with van der Waals surface area (Å²) >= 11 is 0. The van der Waals surface area contributed by atoms with Gasteiger partial charge in [-0.15, -0.1) is 0 Å². The van der Waals surface area contributed by atoms with Gasteiger partial charge in [0.05, 0.1) is 36.9 Å². The number of fused-ring (bicyclic) bond motifs is 1. The van der Waals surface area contributed by atoms with E-state index in [1.165, 1.54) is 0 Å². The van der Waals surface area contributed by atoms with E-state index in [9.17, 15) is 4.79 Å². The highest BCUT2D eigenvalue weighted by Crippen LogP contribution is 2.52. The van der Waals surface area contributed by atoms with E-state index >= 15 is 0 Å². The van der Waals surface area contributed by atoms with Crippen LogP contribution in [0.25, 0.3) is 0 Å². The number of rotatable bonds is 6. The van der Waals surface area contributed by atoms with E-state index in [4.69, 9.17) is 18.9 Å². The van der Waals surface area contributed by atoms with Crippen molar-refractivity contribution < 1.29 is 23.7 Å². The Balaban J connectivity index is 1.22. The molecule has 4 rings (SSSR count). The van der Waals surface area contributed by atoms with Gasteiger partial charge < -0.3 is 18.9 Å². The molecule has 0 bridgehead atoms. The van der Waals surface area contributed by atoms with Gasteiger partial charge in [-0.25, -0.2) is 0 Å². The summed E-state index contributed by atoms with van der Waals surface area (Å²) in [6, 6.07) is 0. The molecule has 0 aromatic rings. The second-order valence-electron chi connectivity index (χ2n) is 9.18. The van der Waals surface area contributed by atoms with E-state index in [1.54, 1.807) is 0 Å². The van der Waals surface area contributed by atoms with Gasteiger partial charge in [0.1, 0.15) is 11.7 Å². The molecule has 0 aromatic heterocycles. The van der Waals surface area contributed by atoms with Crippen LogP contribution in [-0.2, 0) is 23.7 Å². The van der Waals surface area contributed by atoms with Crippen LogP contribution in [0.3, 0.4) is 0 Å². The molecule has 2 saturated heterocycles. The highest BCUT2D eigenvalue weighted by molar-refractivity contribution is 5.73. The van der Waals surface area contributed by atoms with E-state index in [2.05, 4.69) is 20.8 Å². The van der Waals surface area contributed by atoms with Crippen molar-refractivity contribution in [2.75, 3.05) is 13.2 Å². The van der Waals surface area contributed by atoms with Crippen molar-refractivity contribution in [1.29, 1.82) is 0 Å². The largest absolute Gasteiger partial charge is 0.459 e. The first-order chi connectivity index (χ1) is 11.9. The minimum absolute atomic E-state index is 0.0148. The molecule has 4 unspecified atom stereocenters. The van der Waals surface area contributed by atoms with Crippen LogP contribution in [0.5, 0.6) is 0 Å². The van der Waals surface area contributed by atoms with Crippen molar-refractivity contribution in [3.63, 3.8) is 0 Å². The molecular formula is C20H32O5. The zero-order valence-electron chi connectivity index (χ0n) is 15.8. The lowest BCUT2D eigenvalue weighted by Gasteiger charge is -2.38. The van der Waals surface area contributed by atoms with E-state index < -0.39 is 5.60 Å². The normalized spacial score (nSPS) is 43.2. The summed E-state index contributed by atoms with van der Waals surface area (Å²) in [5.41, 5.74) is -0.290. The van der Waals surface area contributed by atoms with Gasteiger partial charge >= 0.3 is 5.97 Å². The van der Waals surface area contributed by atoms with Gasteiger partial charge in [0.25, 0.3) is 0 Å². The zero-order chi connectivity index (χ0) is 17.7. The molecule has 0 aromatic carbocycles. The second kappa shape index (κ2) is 6.50. The Morgan fingerprint density at radius 3 is 2.56 bits per heavy atom. The van der Waals surface area contributed by atoms with Crippen LogP contribution in [-0.4, -0.2) is 48.7 Å². The van der Waals surface area contributed by atoms with Gasteiger partial charge in [0.15, 0.2) is 0 Å². The van der Waals surface area contributed by atoms with E-state index in [0.717, 1.165) is 51.6 Å². The number of hydrogen-bond acceptors (Lipinski definition) is 5. The summed E-state index contributed by atoms with van der Waals surface area (Å²) in [7, 11) is 0. The molecule has 0 amide bonds. The highest BCUT2D eigenvalue weighted by atomic mass is 16.6. The van der Waals surface area contributed by atoms with Crippen molar-refractivity contribution >= 4 is 5.97 Å². The number of ether oxygens (including phenoxy) is 4. The summed E-state index contributed by atoms with van der Waals surface area (Å²) < 4.78 is 22.9. The average Bonchev–Trinajstić information content (AvgIpc) is 3.47. The lowest BCUT2D eigenvalue weighted by molar-refractivity contribution is -0.170. The predicted octanol–water partition coefficient (Wildman–Crippen LogP) is 3.24. The Bertz CT molecular complexity index is 506. The van der Waals surface area contributed by atoms with Crippen LogP contribution in [0.2, 0.25) is 0 Å². The Hall–Kier alpha value is -0.650. The van der Waals surface area contributed by atoms with Crippen molar-refractivity contribution in [1.82, 2.24) is 0 Å². The minimum Gasteiger partial charge on any atom is -0.459 e. The molecule has 0 N–H and O–H groups in total. The van der Waals surface area contributed by atoms with Crippen LogP contribution in [0.15, 0.2) is 0 Å². The van der Waals surface area contributed by atoms with E-state index in [1.807, 2.05) is 0 Å². The van der Waals surface area contributed by atoms with Gasteiger partial charge in [0, 0.05) is 5.92 Å². The highest BCUT2D eigenvalue weighted by Gasteiger charge is 2.57. The Kier molecular flexibility index (Phi) is 4.62. The lowest BCUT2D eigenvalue weighted by Crippen LogP contribution is -2.42. The van der Waals surface area contributed by atoms with Crippen LogP contribution >= 0.6 is 0 Å². The molecule has 2 saturated carbocycles. The molecule has 0 spiro atoms. The van der Waals surface area contributed by atoms with Gasteiger partial charge in [-0.05, 0) is 65.7 Å². The molecule has 2 aliphatic carbocycles. The molecule has 4 aliphatic rings. The third-order valence-corrected chi connectivity index (χ3v) is 6.80. The maximum absolute atomic E-state index is 12.7. The standard InChI is InChI=1S/C20H32O5/c1-19(2,14-8-9-20(3)17(10-14)24-20)25-18(21)13-4-6-15(7-5-13)22-11-16-12-23-16/h13-17H,4-12H2,1-3H3. The number of epoxide rings is 2. The first kappa shape index (κ1) is 17.7. The van der Waals surface area contributed by atoms with Crippen molar-refractivity contribution in [2.24, 2.45) is 11.8 Å². The fourth-order valence-corrected chi connectivity index (χ4v) is 4.58. The van der Waals surface area contributed by atoms with Gasteiger partial charge in [-0.3, -0.25) is 4.79 Å². The molecule has 0 radical (unpaired) electrons. The average molecular weight is 352 g/mol. The number of carbonyl (C=O) groups excluding carboxylic acids is 1. The summed E-state index contributed by atoms with van der Waals surface area (Å²) in [6.45, 7) is 7.89. The third-order valence-electron chi connectivity index (χ3n) is 6.80. The van der Waals surface area contributed by atoms with Crippen LogP contribution in [0.4, 0.5) is 0 Å². The predicted molar refractivity (Wildman–Crippen MR) is 92.2 cm³/mol. The number of carbonyl (C=O) groups is 1. The SMILES string of the molecule is CC(C)(OC(=O)C1CCC(OCC2CO2)CC1)C1CCC2(C)OC2C1. The number of hydrogen-bond donors (Lipinski definition) is 0. The molecule has 25 heavy (non-hydrogen) atoms. The smallest absolute Gasteiger partial charge is 0.309 e. The van der Waals surface area contributed by atoms with Crippen LogP contribution in [0.1, 0.15) is 65.7 Å². The Morgan fingerprint density at radius 2 is 1.92 bits per heavy atom. The molecule has 4 fully saturated rings. The summed E-state index contributed by atoms with van der Waals surface area (Å²) in [5.74, 6) is 0.414. The molecule has 2 heterocycles. The summed E-state index contributed by atoms with van der Waals surface area (Å²) in [6.07, 6.45) is 7.79. The molecule has 5 nitrogen and oxygen atoms in total. The molecule has 2 aliphatic heterocycles. The van der Waals surface area contributed by atoms with Gasteiger partial charge in [-0.1, -0.05) is 0 Å². The third kappa shape index (κ3) is 4.04.